The summed E-state index contributed by atoms with van der Waals surface area (Å²) in [5.41, 5.74) is 1.77. The van der Waals surface area contributed by atoms with Gasteiger partial charge in [-0.05, 0) is 32.0 Å². The molecular weight excluding hydrogens is 358 g/mol. The molecule has 0 saturated carbocycles. The van der Waals surface area contributed by atoms with Gasteiger partial charge in [-0.2, -0.15) is 0 Å². The molecule has 3 rings (SSSR count). The van der Waals surface area contributed by atoms with E-state index < -0.39 is 5.97 Å². The average Bonchev–Trinajstić information content (AvgIpc) is 2.98. The van der Waals surface area contributed by atoms with Crippen molar-refractivity contribution in [1.82, 2.24) is 10.1 Å². The predicted molar refractivity (Wildman–Crippen MR) is 96.5 cm³/mol. The molecule has 1 aromatic heterocycles. The average molecular weight is 378 g/mol. The summed E-state index contributed by atoms with van der Waals surface area (Å²) in [6, 6.07) is 7.64. The third-order valence-corrected chi connectivity index (χ3v) is 4.61. The number of carbonyl (C=O) groups is 2. The van der Waals surface area contributed by atoms with E-state index in [4.69, 9.17) is 20.9 Å². The minimum Gasteiger partial charge on any atom is -0.452 e. The van der Waals surface area contributed by atoms with Gasteiger partial charge in [-0.15, -0.1) is 0 Å². The zero-order valence-corrected chi connectivity index (χ0v) is 15.5. The van der Waals surface area contributed by atoms with E-state index in [1.807, 2.05) is 24.3 Å². The molecule has 0 radical (unpaired) electrons. The smallest absolute Gasteiger partial charge is 0.344 e. The lowest BCUT2D eigenvalue weighted by Crippen LogP contribution is -2.49. The fourth-order valence-electron chi connectivity index (χ4n) is 2.95. The van der Waals surface area contributed by atoms with Gasteiger partial charge in [-0.3, -0.25) is 4.79 Å². The number of amides is 1. The number of aromatic nitrogens is 1. The maximum Gasteiger partial charge on any atom is 0.344 e. The van der Waals surface area contributed by atoms with Crippen LogP contribution in [0.2, 0.25) is 5.02 Å². The highest BCUT2D eigenvalue weighted by Crippen LogP contribution is 2.21. The topological polar surface area (TPSA) is 75.9 Å². The molecule has 1 aliphatic heterocycles. The number of hydrogen-bond acceptors (Lipinski definition) is 6. The Morgan fingerprint density at radius 1 is 1.23 bits per heavy atom. The lowest BCUT2D eigenvalue weighted by atomic mass is 10.2. The molecule has 2 heterocycles. The first-order chi connectivity index (χ1) is 12.5. The molecule has 1 fully saturated rings. The van der Waals surface area contributed by atoms with Crippen molar-refractivity contribution in [3.8, 4) is 0 Å². The van der Waals surface area contributed by atoms with Crippen LogP contribution in [0.1, 0.15) is 21.8 Å². The van der Waals surface area contributed by atoms with Crippen LogP contribution >= 0.6 is 11.6 Å². The standard InChI is InChI=1S/C18H20ClN3O4/c1-12-17(13(2)26-20-12)18(24)25-11-16(23)22-8-6-21(7-9-22)15-5-3-4-14(19)10-15/h3-5,10H,6-9,11H2,1-2H3. The lowest BCUT2D eigenvalue weighted by molar-refractivity contribution is -0.134. The number of aryl methyl sites for hydroxylation is 2. The van der Waals surface area contributed by atoms with E-state index in [1.165, 1.54) is 0 Å². The molecular formula is C18H20ClN3O4. The second kappa shape index (κ2) is 7.78. The molecule has 0 N–H and O–H groups in total. The summed E-state index contributed by atoms with van der Waals surface area (Å²) in [6.07, 6.45) is 0. The van der Waals surface area contributed by atoms with Gasteiger partial charge in [0.1, 0.15) is 11.3 Å². The van der Waals surface area contributed by atoms with Crippen LogP contribution in [0.5, 0.6) is 0 Å². The van der Waals surface area contributed by atoms with E-state index in [9.17, 15) is 9.59 Å². The molecule has 0 bridgehead atoms. The van der Waals surface area contributed by atoms with Gasteiger partial charge in [-0.1, -0.05) is 22.8 Å². The van der Waals surface area contributed by atoms with Gasteiger partial charge < -0.3 is 19.1 Å². The van der Waals surface area contributed by atoms with Gasteiger partial charge in [-0.25, -0.2) is 4.79 Å². The highest BCUT2D eigenvalue weighted by Gasteiger charge is 2.24. The van der Waals surface area contributed by atoms with Crippen molar-refractivity contribution in [2.45, 2.75) is 13.8 Å². The highest BCUT2D eigenvalue weighted by molar-refractivity contribution is 6.30. The fourth-order valence-corrected chi connectivity index (χ4v) is 3.14. The van der Waals surface area contributed by atoms with Crippen molar-refractivity contribution < 1.29 is 18.8 Å². The predicted octanol–water partition coefficient (Wildman–Crippen LogP) is 2.45. The first kappa shape index (κ1) is 18.3. The molecule has 7 nitrogen and oxygen atoms in total. The molecule has 0 spiro atoms. The second-order valence-corrected chi connectivity index (χ2v) is 6.56. The number of ether oxygens (including phenoxy) is 1. The van der Waals surface area contributed by atoms with E-state index in [0.717, 1.165) is 5.69 Å². The van der Waals surface area contributed by atoms with E-state index in [-0.39, 0.29) is 18.1 Å². The number of rotatable bonds is 4. The Morgan fingerprint density at radius 3 is 2.58 bits per heavy atom. The fraction of sp³-hybridized carbons (Fsp3) is 0.389. The quantitative estimate of drug-likeness (QED) is 0.762. The van der Waals surface area contributed by atoms with E-state index in [1.54, 1.807) is 18.7 Å². The summed E-state index contributed by atoms with van der Waals surface area (Å²) in [4.78, 5) is 28.3. The molecule has 1 amide bonds. The molecule has 0 unspecified atom stereocenters. The molecule has 26 heavy (non-hydrogen) atoms. The molecule has 1 saturated heterocycles. The number of hydrogen-bond donors (Lipinski definition) is 0. The normalized spacial score (nSPS) is 14.4. The van der Waals surface area contributed by atoms with Crippen molar-refractivity contribution in [2.24, 2.45) is 0 Å². The summed E-state index contributed by atoms with van der Waals surface area (Å²) in [5.74, 6) is -0.418. The van der Waals surface area contributed by atoms with Crippen LogP contribution in [0.15, 0.2) is 28.8 Å². The largest absolute Gasteiger partial charge is 0.452 e. The SMILES string of the molecule is Cc1noc(C)c1C(=O)OCC(=O)N1CCN(c2cccc(Cl)c2)CC1. The Labute approximate surface area is 156 Å². The minimum absolute atomic E-state index is 0.212. The third-order valence-electron chi connectivity index (χ3n) is 4.37. The molecule has 0 aliphatic carbocycles. The minimum atomic E-state index is -0.591. The van der Waals surface area contributed by atoms with Crippen molar-refractivity contribution in [3.63, 3.8) is 0 Å². The van der Waals surface area contributed by atoms with Crippen LogP contribution in [0, 0.1) is 13.8 Å². The molecule has 1 aromatic carbocycles. The van der Waals surface area contributed by atoms with Crippen molar-refractivity contribution in [1.29, 1.82) is 0 Å². The summed E-state index contributed by atoms with van der Waals surface area (Å²) in [7, 11) is 0. The monoisotopic (exact) mass is 377 g/mol. The maximum absolute atomic E-state index is 12.3. The third kappa shape index (κ3) is 3.99. The maximum atomic E-state index is 12.3. The van der Waals surface area contributed by atoms with Gasteiger partial charge in [0.25, 0.3) is 5.91 Å². The summed E-state index contributed by atoms with van der Waals surface area (Å²) in [5, 5.41) is 4.40. The molecule has 2 aromatic rings. The zero-order chi connectivity index (χ0) is 18.7. The highest BCUT2D eigenvalue weighted by atomic mass is 35.5. The van der Waals surface area contributed by atoms with E-state index >= 15 is 0 Å². The van der Waals surface area contributed by atoms with Gasteiger partial charge in [0.05, 0.1) is 5.69 Å². The first-order valence-electron chi connectivity index (χ1n) is 8.34. The van der Waals surface area contributed by atoms with Crippen LogP contribution in [0.25, 0.3) is 0 Å². The Balaban J connectivity index is 1.50. The molecule has 1 aliphatic rings. The number of carbonyl (C=O) groups excluding carboxylic acids is 2. The second-order valence-electron chi connectivity index (χ2n) is 6.12. The van der Waals surface area contributed by atoms with Gasteiger partial charge >= 0.3 is 5.97 Å². The number of anilines is 1. The zero-order valence-electron chi connectivity index (χ0n) is 14.7. The Hall–Kier alpha value is -2.54. The first-order valence-corrected chi connectivity index (χ1v) is 8.72. The molecule has 138 valence electrons. The summed E-state index contributed by atoms with van der Waals surface area (Å²) < 4.78 is 10.1. The number of esters is 1. The lowest BCUT2D eigenvalue weighted by Gasteiger charge is -2.36. The van der Waals surface area contributed by atoms with Crippen molar-refractivity contribution >= 4 is 29.2 Å². The van der Waals surface area contributed by atoms with Crippen LogP contribution in [0.3, 0.4) is 0 Å². The number of piperazine rings is 1. The summed E-state index contributed by atoms with van der Waals surface area (Å²) >= 11 is 6.03. The number of benzene rings is 1. The van der Waals surface area contributed by atoms with Crippen LogP contribution in [0.4, 0.5) is 5.69 Å². The van der Waals surface area contributed by atoms with E-state index in [0.29, 0.717) is 42.7 Å². The van der Waals surface area contributed by atoms with Crippen molar-refractivity contribution in [2.75, 3.05) is 37.7 Å². The van der Waals surface area contributed by atoms with Gasteiger partial charge in [0.15, 0.2) is 6.61 Å². The molecule has 8 heteroatoms. The molecule has 0 atom stereocenters. The Bertz CT molecular complexity index is 793. The van der Waals surface area contributed by atoms with E-state index in [2.05, 4.69) is 10.1 Å². The van der Waals surface area contributed by atoms with Crippen LogP contribution in [-0.2, 0) is 9.53 Å². The van der Waals surface area contributed by atoms with Crippen LogP contribution < -0.4 is 4.90 Å². The number of nitrogens with zero attached hydrogens (tertiary/aromatic N) is 3. The Morgan fingerprint density at radius 2 is 1.96 bits per heavy atom. The Kier molecular flexibility index (Phi) is 5.46. The van der Waals surface area contributed by atoms with Crippen LogP contribution in [-0.4, -0.2) is 54.7 Å². The van der Waals surface area contributed by atoms with Gasteiger partial charge in [0, 0.05) is 36.9 Å². The number of halogens is 1. The summed E-state index contributed by atoms with van der Waals surface area (Å²) in [6.45, 7) is 5.52. The van der Waals surface area contributed by atoms with Crippen molar-refractivity contribution in [3.05, 3.63) is 46.3 Å². The van der Waals surface area contributed by atoms with Gasteiger partial charge in [0.2, 0.25) is 0 Å².